The van der Waals surface area contributed by atoms with Crippen LogP contribution in [0.1, 0.15) is 0 Å². The summed E-state index contributed by atoms with van der Waals surface area (Å²) in [6, 6.07) is 0. The number of ether oxygens (including phenoxy) is 1. The molecule has 20 nitrogen and oxygen atoms in total. The molecule has 23 N–H and O–H groups in total. The minimum Gasteiger partial charge on any atom is -0.412 e. The maximum absolute atomic E-state index is 10.5. The molecule has 1 fully saturated rings. The number of aliphatic hydroxyl groups is 3. The first kappa shape index (κ1) is 69.9. The Morgan fingerprint density at radius 1 is 0.742 bits per heavy atom. The quantitative estimate of drug-likeness (QED) is 0.119. The third-order valence-electron chi connectivity index (χ3n) is 2.37. The van der Waals surface area contributed by atoms with Gasteiger partial charge in [0.15, 0.2) is 0 Å². The van der Waals surface area contributed by atoms with Crippen molar-refractivity contribution in [2.75, 3.05) is 13.2 Å². The van der Waals surface area contributed by atoms with Gasteiger partial charge in [0, 0.05) is 88.7 Å². The van der Waals surface area contributed by atoms with Crippen molar-refractivity contribution in [2.24, 2.45) is 0 Å². The van der Waals surface area contributed by atoms with Crippen LogP contribution in [0.25, 0.3) is 0 Å². The first-order chi connectivity index (χ1) is 8.84. The Balaban J connectivity index is -0.0000000404. The van der Waals surface area contributed by atoms with Crippen molar-refractivity contribution < 1.29 is 102 Å². The largest absolute Gasteiger partial charge is 0.469 e. The minimum absolute atomic E-state index is 0. The van der Waals surface area contributed by atoms with Gasteiger partial charge in [-0.2, -0.15) is 0 Å². The van der Waals surface area contributed by atoms with Gasteiger partial charge in [0.05, 0.1) is 6.61 Å². The molecule has 0 bridgehead atoms. The van der Waals surface area contributed by atoms with Crippen molar-refractivity contribution >= 4 is 104 Å². The van der Waals surface area contributed by atoms with Crippen molar-refractivity contribution in [3.05, 3.63) is 0 Å². The van der Waals surface area contributed by atoms with Crippen molar-refractivity contribution in [1.82, 2.24) is 0 Å². The molecule has 0 aromatic rings. The van der Waals surface area contributed by atoms with Gasteiger partial charge in [-0.3, -0.25) is 9.05 Å². The molecule has 31 heavy (non-hydrogen) atoms. The third kappa shape index (κ3) is 25.6. The van der Waals surface area contributed by atoms with E-state index in [1.165, 1.54) is 0 Å². The van der Waals surface area contributed by atoms with Crippen molar-refractivity contribution in [1.29, 1.82) is 0 Å². The van der Waals surface area contributed by atoms with E-state index in [1.54, 1.807) is 0 Å². The van der Waals surface area contributed by atoms with E-state index in [2.05, 4.69) is 13.8 Å². The van der Waals surface area contributed by atoms with E-state index in [0.717, 1.165) is 0 Å². The average molecular weight is 553 g/mol. The summed E-state index contributed by atoms with van der Waals surface area (Å²) in [5.74, 6) is -2.66. The average Bonchev–Trinajstić information content (AvgIpc) is 2.48. The monoisotopic (exact) mass is 553 g/mol. The molecule has 0 aromatic carbocycles. The Morgan fingerprint density at radius 2 is 1.06 bits per heavy atom. The van der Waals surface area contributed by atoms with E-state index in [4.69, 9.17) is 19.6 Å². The molecule has 25 heteroatoms. The Bertz CT molecular complexity index is 447. The maximum atomic E-state index is 10.5. The Hall–Kier alpha value is 2.74. The van der Waals surface area contributed by atoms with Crippen LogP contribution in [-0.2, 0) is 22.9 Å². The van der Waals surface area contributed by atoms with Gasteiger partial charge in [-0.1, -0.05) is 0 Å². The molecule has 0 aliphatic carbocycles. The first-order valence-corrected chi connectivity index (χ1v) is 8.07. The summed E-state index contributed by atoms with van der Waals surface area (Å²) in [6.07, 6.45) is -5.38. The zero-order chi connectivity index (χ0) is 15.8. The predicted molar refractivity (Wildman–Crippen MR) is 104 cm³/mol. The van der Waals surface area contributed by atoms with Crippen LogP contribution < -0.4 is 0 Å². The number of hydrogen-bond donors (Lipinski definition) is 7. The van der Waals surface area contributed by atoms with Gasteiger partial charge in [-0.25, -0.2) is 9.13 Å². The van der Waals surface area contributed by atoms with E-state index in [-0.39, 0.29) is 132 Å². The summed E-state index contributed by atoms with van der Waals surface area (Å²) in [5, 5.41) is 28.8. The fourth-order valence-corrected chi connectivity index (χ4v) is 2.17. The summed E-state index contributed by atoms with van der Waals surface area (Å²) in [7, 11) is -9.82. The zero-order valence-corrected chi connectivity index (χ0v) is 24.5. The van der Waals surface area contributed by atoms with Gasteiger partial charge < -0.3 is 83.4 Å². The molecule has 0 amide bonds. The van der Waals surface area contributed by atoms with Crippen LogP contribution in [0.2, 0.25) is 0 Å². The van der Waals surface area contributed by atoms with Gasteiger partial charge in [-0.15, -0.1) is 0 Å². The van der Waals surface area contributed by atoms with Crippen LogP contribution in [0.4, 0.5) is 0 Å². The normalized spacial score (nSPS) is 22.9. The summed E-state index contributed by atoms with van der Waals surface area (Å²) in [4.78, 5) is 33.9. The van der Waals surface area contributed by atoms with E-state index >= 15 is 0 Å². The number of phosphoric ester groups is 2. The van der Waals surface area contributed by atoms with Crippen molar-refractivity contribution in [3.63, 3.8) is 0 Å². The molecular weight excluding hydrogens is 523 g/mol. The van der Waals surface area contributed by atoms with Crippen LogP contribution in [0.5, 0.6) is 0 Å². The summed E-state index contributed by atoms with van der Waals surface area (Å²) in [6.45, 7) is -2.05. The van der Waals surface area contributed by atoms with E-state index < -0.39 is 53.0 Å². The Kier molecular flexibility index (Phi) is 61.7. The summed E-state index contributed by atoms with van der Waals surface area (Å²) < 4.78 is 33.6. The maximum Gasteiger partial charge on any atom is 0.469 e. The molecule has 0 aromatic heterocycles. The molecule has 1 heterocycles. The SMILES string of the molecule is O.O.O.O.O.O.O.O.O=P(O)(O)OC[C@H]1OC(O)(COP(=O)(O)O)[C@@H](O)[C@@H]1O.[Na].[Na].[Na]. The second kappa shape index (κ2) is 27.3. The van der Waals surface area contributed by atoms with Gasteiger partial charge >= 0.3 is 15.6 Å². The van der Waals surface area contributed by atoms with Gasteiger partial charge in [0.1, 0.15) is 24.9 Å². The second-order valence-electron chi connectivity index (χ2n) is 3.99. The molecule has 1 unspecified atom stereocenters. The summed E-state index contributed by atoms with van der Waals surface area (Å²) in [5.41, 5.74) is 0. The van der Waals surface area contributed by atoms with Crippen LogP contribution in [0.3, 0.4) is 0 Å². The van der Waals surface area contributed by atoms with Crippen LogP contribution in [-0.4, -0.2) is 205 Å². The Morgan fingerprint density at radius 3 is 1.35 bits per heavy atom. The van der Waals surface area contributed by atoms with E-state index in [1.807, 2.05) is 0 Å². The number of hydrogen-bond acceptors (Lipinski definition) is 8. The van der Waals surface area contributed by atoms with Gasteiger partial charge in [-0.05, 0) is 0 Å². The van der Waals surface area contributed by atoms with E-state index in [9.17, 15) is 24.4 Å². The molecule has 1 rings (SSSR count). The molecule has 1 aliphatic heterocycles. The van der Waals surface area contributed by atoms with Crippen LogP contribution in [0.15, 0.2) is 0 Å². The molecule has 1 saturated heterocycles. The van der Waals surface area contributed by atoms with E-state index in [0.29, 0.717) is 0 Å². The molecule has 1 aliphatic rings. The standard InChI is InChI=1S/C6H14O12P2.3Na.8H2O/c7-4-3(1-16-19(10,11)12)18-6(9,5(4)8)2-17-20(13,14)15;;;;;;;;;;;/h3-5,7-9H,1-2H2,(H2,10,11,12)(H2,13,14,15);;;;8*1H2/t3-,4-,5+,6?;;;;;;;;;;;/m1.........../s1. The molecule has 0 saturated carbocycles. The van der Waals surface area contributed by atoms with Crippen molar-refractivity contribution in [2.45, 2.75) is 24.1 Å². The molecular formula is C6H30Na3O20P2. The molecule has 3 radical (unpaired) electrons. The molecule has 0 spiro atoms. The van der Waals surface area contributed by atoms with Gasteiger partial charge in [0.2, 0.25) is 5.79 Å². The van der Waals surface area contributed by atoms with Gasteiger partial charge in [0.25, 0.3) is 0 Å². The number of phosphoric acid groups is 2. The van der Waals surface area contributed by atoms with Crippen molar-refractivity contribution in [3.8, 4) is 0 Å². The fraction of sp³-hybridized carbons (Fsp3) is 1.00. The predicted octanol–water partition coefficient (Wildman–Crippen LogP) is -10.7. The Labute approximate surface area is 241 Å². The molecule has 4 atom stereocenters. The third-order valence-corrected chi connectivity index (χ3v) is 3.32. The smallest absolute Gasteiger partial charge is 0.412 e. The van der Waals surface area contributed by atoms with Crippen LogP contribution >= 0.6 is 15.6 Å². The number of rotatable bonds is 6. The fourth-order valence-electron chi connectivity index (χ4n) is 1.47. The zero-order valence-electron chi connectivity index (χ0n) is 16.7. The topological polar surface area (TPSA) is 455 Å². The summed E-state index contributed by atoms with van der Waals surface area (Å²) >= 11 is 0. The van der Waals surface area contributed by atoms with Crippen LogP contribution in [0, 0.1) is 0 Å². The minimum atomic E-state index is -4.96. The number of aliphatic hydroxyl groups excluding tert-OH is 2. The molecule has 187 valence electrons. The first-order valence-electron chi connectivity index (χ1n) is 5.00. The second-order valence-corrected chi connectivity index (χ2v) is 6.47.